The number of hydrogen-bond acceptors (Lipinski definition) is 4. The van der Waals surface area contributed by atoms with Crippen LogP contribution in [0.15, 0.2) is 31.0 Å². The third kappa shape index (κ3) is 2.29. The van der Waals surface area contributed by atoms with Crippen LogP contribution in [0.4, 0.5) is 5.82 Å². The Morgan fingerprint density at radius 3 is 2.93 bits per heavy atom. The fourth-order valence-corrected chi connectivity index (χ4v) is 1.13. The van der Waals surface area contributed by atoms with Crippen molar-refractivity contribution >= 4 is 5.82 Å². The molecule has 5 heteroatoms. The van der Waals surface area contributed by atoms with Crippen molar-refractivity contribution in [1.82, 2.24) is 19.9 Å². The Morgan fingerprint density at radius 2 is 2.21 bits per heavy atom. The molecule has 0 aliphatic carbocycles. The quantitative estimate of drug-likeness (QED) is 0.748. The van der Waals surface area contributed by atoms with Gasteiger partial charge in [0.2, 0.25) is 0 Å². The largest absolute Gasteiger partial charge is 0.368 e. The number of H-pyrrole nitrogens is 1. The lowest BCUT2D eigenvalue weighted by Gasteiger charge is -2.02. The summed E-state index contributed by atoms with van der Waals surface area (Å²) in [5, 5.41) is 3.15. The van der Waals surface area contributed by atoms with Gasteiger partial charge in [-0.1, -0.05) is 0 Å². The molecule has 2 aromatic heterocycles. The number of anilines is 1. The minimum Gasteiger partial charge on any atom is -0.368 e. The van der Waals surface area contributed by atoms with E-state index in [2.05, 4.69) is 25.3 Å². The average molecular weight is 189 g/mol. The Morgan fingerprint density at radius 1 is 1.21 bits per heavy atom. The van der Waals surface area contributed by atoms with Gasteiger partial charge in [0.25, 0.3) is 0 Å². The molecule has 0 aromatic carbocycles. The van der Waals surface area contributed by atoms with Crippen LogP contribution in [-0.2, 0) is 6.42 Å². The van der Waals surface area contributed by atoms with Gasteiger partial charge in [0.1, 0.15) is 11.6 Å². The van der Waals surface area contributed by atoms with Crippen LogP contribution in [0.5, 0.6) is 0 Å². The molecule has 0 fully saturated rings. The highest BCUT2D eigenvalue weighted by molar-refractivity contribution is 5.29. The molecule has 0 amide bonds. The van der Waals surface area contributed by atoms with Gasteiger partial charge >= 0.3 is 0 Å². The Kier molecular flexibility index (Phi) is 2.70. The van der Waals surface area contributed by atoms with Crippen LogP contribution >= 0.6 is 0 Å². The molecule has 72 valence electrons. The van der Waals surface area contributed by atoms with E-state index < -0.39 is 0 Å². The second kappa shape index (κ2) is 4.36. The van der Waals surface area contributed by atoms with E-state index in [0.717, 1.165) is 24.6 Å². The predicted molar refractivity (Wildman–Crippen MR) is 52.8 cm³/mol. The first-order chi connectivity index (χ1) is 6.95. The van der Waals surface area contributed by atoms with Crippen molar-refractivity contribution in [2.24, 2.45) is 0 Å². The minimum absolute atomic E-state index is 0.791. The van der Waals surface area contributed by atoms with Crippen LogP contribution < -0.4 is 5.32 Å². The molecular formula is C9H11N5. The van der Waals surface area contributed by atoms with Crippen molar-refractivity contribution in [2.45, 2.75) is 6.42 Å². The van der Waals surface area contributed by atoms with Gasteiger partial charge < -0.3 is 10.3 Å². The van der Waals surface area contributed by atoms with Crippen LogP contribution in [0.3, 0.4) is 0 Å². The van der Waals surface area contributed by atoms with Crippen molar-refractivity contribution in [1.29, 1.82) is 0 Å². The third-order valence-corrected chi connectivity index (χ3v) is 1.79. The van der Waals surface area contributed by atoms with Gasteiger partial charge in [-0.3, -0.25) is 4.98 Å². The number of hydrogen-bond donors (Lipinski definition) is 2. The molecule has 0 bridgehead atoms. The van der Waals surface area contributed by atoms with Gasteiger partial charge in [-0.25, -0.2) is 9.97 Å². The monoisotopic (exact) mass is 189 g/mol. The SMILES string of the molecule is c1cnc(NCCc2ncc[nH]2)cn1. The molecule has 2 aromatic rings. The van der Waals surface area contributed by atoms with Crippen molar-refractivity contribution in [3.05, 3.63) is 36.8 Å². The molecule has 5 nitrogen and oxygen atoms in total. The maximum absolute atomic E-state index is 4.12. The summed E-state index contributed by atoms with van der Waals surface area (Å²) in [6.07, 6.45) is 9.42. The highest BCUT2D eigenvalue weighted by Gasteiger charge is 1.95. The third-order valence-electron chi connectivity index (χ3n) is 1.79. The molecule has 0 radical (unpaired) electrons. The number of nitrogens with zero attached hydrogens (tertiary/aromatic N) is 3. The number of aromatic nitrogens is 4. The first kappa shape index (κ1) is 8.68. The number of imidazole rings is 1. The summed E-state index contributed by atoms with van der Waals surface area (Å²) >= 11 is 0. The molecular weight excluding hydrogens is 178 g/mol. The van der Waals surface area contributed by atoms with Gasteiger partial charge in [-0.2, -0.15) is 0 Å². The van der Waals surface area contributed by atoms with E-state index >= 15 is 0 Å². The van der Waals surface area contributed by atoms with Crippen molar-refractivity contribution in [2.75, 3.05) is 11.9 Å². The Balaban J connectivity index is 1.79. The van der Waals surface area contributed by atoms with Crippen LogP contribution in [0.2, 0.25) is 0 Å². The highest BCUT2D eigenvalue weighted by atomic mass is 15.0. The van der Waals surface area contributed by atoms with Gasteiger partial charge in [0, 0.05) is 37.8 Å². The zero-order chi connectivity index (χ0) is 9.64. The molecule has 0 saturated carbocycles. The second-order valence-corrected chi connectivity index (χ2v) is 2.80. The van der Waals surface area contributed by atoms with Crippen molar-refractivity contribution in [3.8, 4) is 0 Å². The Labute approximate surface area is 81.6 Å². The van der Waals surface area contributed by atoms with E-state index in [1.165, 1.54) is 0 Å². The van der Waals surface area contributed by atoms with E-state index in [4.69, 9.17) is 0 Å². The molecule has 2 rings (SSSR count). The normalized spacial score (nSPS) is 10.0. The van der Waals surface area contributed by atoms with E-state index in [1.54, 1.807) is 24.8 Å². The predicted octanol–water partition coefficient (Wildman–Crippen LogP) is 0.854. The summed E-state index contributed by atoms with van der Waals surface area (Å²) < 4.78 is 0. The molecule has 0 aliphatic rings. The molecule has 0 atom stereocenters. The van der Waals surface area contributed by atoms with E-state index in [0.29, 0.717) is 0 Å². The first-order valence-electron chi connectivity index (χ1n) is 4.43. The van der Waals surface area contributed by atoms with Crippen molar-refractivity contribution < 1.29 is 0 Å². The minimum atomic E-state index is 0.791. The van der Waals surface area contributed by atoms with Gasteiger partial charge in [0.15, 0.2) is 0 Å². The number of rotatable bonds is 4. The summed E-state index contributed by atoms with van der Waals surface area (Å²) in [6.45, 7) is 0.798. The van der Waals surface area contributed by atoms with Crippen LogP contribution in [0.1, 0.15) is 5.82 Å². The highest BCUT2D eigenvalue weighted by Crippen LogP contribution is 1.97. The summed E-state index contributed by atoms with van der Waals surface area (Å²) in [5.74, 6) is 1.76. The molecule has 14 heavy (non-hydrogen) atoms. The number of aromatic amines is 1. The fraction of sp³-hybridized carbons (Fsp3) is 0.222. The molecule has 2 N–H and O–H groups in total. The Bertz CT molecular complexity index is 356. The lowest BCUT2D eigenvalue weighted by molar-refractivity contribution is 0.919. The van der Waals surface area contributed by atoms with E-state index in [-0.39, 0.29) is 0 Å². The van der Waals surface area contributed by atoms with E-state index in [1.807, 2.05) is 6.20 Å². The molecule has 0 unspecified atom stereocenters. The standard InChI is InChI=1S/C9H11N5/c1(8-12-5-6-13-8)2-11-9-7-10-3-4-14-9/h3-7H,1-2H2,(H,11,14)(H,12,13). The second-order valence-electron chi connectivity index (χ2n) is 2.80. The van der Waals surface area contributed by atoms with Crippen molar-refractivity contribution in [3.63, 3.8) is 0 Å². The zero-order valence-corrected chi connectivity index (χ0v) is 7.64. The van der Waals surface area contributed by atoms with Crippen LogP contribution in [0.25, 0.3) is 0 Å². The summed E-state index contributed by atoms with van der Waals surface area (Å²) in [6, 6.07) is 0. The summed E-state index contributed by atoms with van der Waals surface area (Å²) in [4.78, 5) is 15.2. The molecule has 0 aliphatic heterocycles. The number of nitrogens with one attached hydrogen (secondary N) is 2. The topological polar surface area (TPSA) is 66.5 Å². The smallest absolute Gasteiger partial charge is 0.144 e. The fourth-order valence-electron chi connectivity index (χ4n) is 1.13. The maximum atomic E-state index is 4.12. The van der Waals surface area contributed by atoms with Gasteiger partial charge in [-0.05, 0) is 0 Å². The molecule has 2 heterocycles. The van der Waals surface area contributed by atoms with Crippen LogP contribution in [-0.4, -0.2) is 26.5 Å². The van der Waals surface area contributed by atoms with Gasteiger partial charge in [-0.15, -0.1) is 0 Å². The van der Waals surface area contributed by atoms with Crippen LogP contribution in [0, 0.1) is 0 Å². The summed E-state index contributed by atoms with van der Waals surface area (Å²) in [7, 11) is 0. The van der Waals surface area contributed by atoms with Gasteiger partial charge in [0.05, 0.1) is 6.20 Å². The maximum Gasteiger partial charge on any atom is 0.144 e. The molecule has 0 saturated heterocycles. The lowest BCUT2D eigenvalue weighted by Crippen LogP contribution is -2.07. The molecule has 0 spiro atoms. The average Bonchev–Trinajstić information content (AvgIpc) is 2.72. The summed E-state index contributed by atoms with van der Waals surface area (Å²) in [5.41, 5.74) is 0. The van der Waals surface area contributed by atoms with E-state index in [9.17, 15) is 0 Å². The Hall–Kier alpha value is -1.91. The first-order valence-corrected chi connectivity index (χ1v) is 4.43. The lowest BCUT2D eigenvalue weighted by atomic mass is 10.4. The zero-order valence-electron chi connectivity index (χ0n) is 7.64.